The normalized spacial score (nSPS) is 11.3. The third kappa shape index (κ3) is 6.27. The number of rotatable bonds is 7. The van der Waals surface area contributed by atoms with Crippen LogP contribution < -0.4 is 5.56 Å². The molecule has 0 spiro atoms. The van der Waals surface area contributed by atoms with Gasteiger partial charge in [0.1, 0.15) is 5.82 Å². The maximum absolute atomic E-state index is 13.2. The molecule has 0 saturated heterocycles. The first-order chi connectivity index (χ1) is 16.5. The molecule has 35 heavy (non-hydrogen) atoms. The van der Waals surface area contributed by atoms with Crippen LogP contribution in [-0.2, 0) is 27.6 Å². The van der Waals surface area contributed by atoms with Crippen LogP contribution >= 0.6 is 11.6 Å². The Bertz CT molecular complexity index is 1350. The zero-order valence-electron chi connectivity index (χ0n) is 20.0. The van der Waals surface area contributed by atoms with Crippen LogP contribution in [0.15, 0.2) is 47.3 Å². The number of nitrogens with zero attached hydrogens (tertiary/aromatic N) is 3. The fourth-order valence-electron chi connectivity index (χ4n) is 3.17. The third-order valence-electron chi connectivity index (χ3n) is 5.09. The Kier molecular flexibility index (Phi) is 7.95. The number of hydrogen-bond donors (Lipinski definition) is 0. The zero-order valence-corrected chi connectivity index (χ0v) is 20.8. The van der Waals surface area contributed by atoms with Gasteiger partial charge in [-0.15, -0.1) is 11.5 Å². The highest BCUT2D eigenvalue weighted by molar-refractivity contribution is 6.32. The number of aromatic nitrogens is 2. The second-order valence-electron chi connectivity index (χ2n) is 8.91. The van der Waals surface area contributed by atoms with Crippen molar-refractivity contribution in [2.45, 2.75) is 41.0 Å². The van der Waals surface area contributed by atoms with Gasteiger partial charge in [-0.2, -0.15) is 0 Å². The molecule has 0 amide bonds. The minimum Gasteiger partial charge on any atom is -0.443 e. The van der Waals surface area contributed by atoms with Gasteiger partial charge in [0.25, 0.3) is 5.56 Å². The second kappa shape index (κ2) is 10.7. The molecule has 0 saturated carbocycles. The van der Waals surface area contributed by atoms with E-state index in [-0.39, 0.29) is 25.2 Å². The molecule has 0 unspecified atom stereocenters. The Morgan fingerprint density at radius 2 is 1.89 bits per heavy atom. The molecule has 9 heteroatoms. The lowest BCUT2D eigenvalue weighted by atomic mass is 9.98. The first kappa shape index (κ1) is 25.9. The van der Waals surface area contributed by atoms with Gasteiger partial charge in [-0.3, -0.25) is 14.2 Å². The van der Waals surface area contributed by atoms with E-state index in [0.29, 0.717) is 27.5 Å². The molecular weight excluding hydrogens is 470 g/mol. The maximum Gasteiger partial charge on any atom is 0.357 e. The van der Waals surface area contributed by atoms with Gasteiger partial charge in [-0.1, -0.05) is 35.7 Å². The number of fused-ring (bicyclic) bond motifs is 1. The van der Waals surface area contributed by atoms with Crippen LogP contribution in [-0.4, -0.2) is 33.1 Å². The lowest BCUT2D eigenvalue weighted by Gasteiger charge is -2.20. The van der Waals surface area contributed by atoms with E-state index < -0.39 is 22.9 Å². The SMILES string of the molecule is C#CCN(Cc1cc2c(=O)n(COC(=O)C(C)(C)C)c(C)nc2cc1Cl)OC(=O)c1ccccc1. The van der Waals surface area contributed by atoms with Crippen molar-refractivity contribution in [3.8, 4) is 12.3 Å². The van der Waals surface area contributed by atoms with E-state index in [0.717, 1.165) is 0 Å². The molecule has 8 nitrogen and oxygen atoms in total. The third-order valence-corrected chi connectivity index (χ3v) is 5.44. The summed E-state index contributed by atoms with van der Waals surface area (Å²) in [6.07, 6.45) is 5.45. The molecule has 1 heterocycles. The number of carbonyl (C=O) groups is 2. The maximum atomic E-state index is 13.2. The molecule has 0 atom stereocenters. The lowest BCUT2D eigenvalue weighted by molar-refractivity contribution is -0.157. The van der Waals surface area contributed by atoms with Crippen LogP contribution in [0.2, 0.25) is 5.02 Å². The zero-order chi connectivity index (χ0) is 25.8. The van der Waals surface area contributed by atoms with E-state index in [1.807, 2.05) is 0 Å². The minimum atomic E-state index is -0.708. The Morgan fingerprint density at radius 1 is 1.20 bits per heavy atom. The van der Waals surface area contributed by atoms with Crippen molar-refractivity contribution in [2.24, 2.45) is 5.41 Å². The average Bonchev–Trinajstić information content (AvgIpc) is 2.79. The molecule has 0 aliphatic rings. The Labute approximate surface area is 208 Å². The van der Waals surface area contributed by atoms with Crippen molar-refractivity contribution in [1.82, 2.24) is 14.6 Å². The van der Waals surface area contributed by atoms with Crippen molar-refractivity contribution in [3.63, 3.8) is 0 Å². The molecule has 0 N–H and O–H groups in total. The summed E-state index contributed by atoms with van der Waals surface area (Å²) in [7, 11) is 0. The summed E-state index contributed by atoms with van der Waals surface area (Å²) in [5, 5.41) is 1.89. The van der Waals surface area contributed by atoms with E-state index in [1.165, 1.54) is 9.63 Å². The molecule has 3 rings (SSSR count). The summed E-state index contributed by atoms with van der Waals surface area (Å²) in [6.45, 7) is 6.61. The summed E-state index contributed by atoms with van der Waals surface area (Å²) in [5.74, 6) is 1.81. The molecule has 0 aliphatic carbocycles. The van der Waals surface area contributed by atoms with E-state index in [2.05, 4.69) is 10.9 Å². The van der Waals surface area contributed by atoms with Gasteiger partial charge in [0.2, 0.25) is 0 Å². The number of hydrogen-bond acceptors (Lipinski definition) is 7. The van der Waals surface area contributed by atoms with Crippen molar-refractivity contribution in [2.75, 3.05) is 6.54 Å². The smallest absolute Gasteiger partial charge is 0.357 e. The predicted octanol–water partition coefficient (Wildman–Crippen LogP) is 4.11. The molecule has 1 aromatic heterocycles. The van der Waals surface area contributed by atoms with Crippen LogP contribution in [0.25, 0.3) is 10.9 Å². The number of carbonyl (C=O) groups excluding carboxylic acids is 2. The Hall–Kier alpha value is -3.67. The molecule has 182 valence electrons. The Morgan fingerprint density at radius 3 is 2.51 bits per heavy atom. The van der Waals surface area contributed by atoms with E-state index in [9.17, 15) is 14.4 Å². The molecule has 0 radical (unpaired) electrons. The second-order valence-corrected chi connectivity index (χ2v) is 9.32. The van der Waals surface area contributed by atoms with Gasteiger partial charge in [0.15, 0.2) is 6.73 Å². The largest absolute Gasteiger partial charge is 0.443 e. The predicted molar refractivity (Wildman–Crippen MR) is 132 cm³/mol. The highest BCUT2D eigenvalue weighted by atomic mass is 35.5. The fraction of sp³-hybridized carbons (Fsp3) is 0.308. The van der Waals surface area contributed by atoms with Crippen LogP contribution in [0.5, 0.6) is 0 Å². The highest BCUT2D eigenvalue weighted by Crippen LogP contribution is 2.24. The van der Waals surface area contributed by atoms with Gasteiger partial charge < -0.3 is 9.57 Å². The Balaban J connectivity index is 1.91. The molecular formula is C26H26ClN3O5. The van der Waals surface area contributed by atoms with Crippen LogP contribution in [0.3, 0.4) is 0 Å². The van der Waals surface area contributed by atoms with Crippen LogP contribution in [0.4, 0.5) is 0 Å². The average molecular weight is 496 g/mol. The van der Waals surface area contributed by atoms with Crippen molar-refractivity contribution in [1.29, 1.82) is 0 Å². The van der Waals surface area contributed by atoms with Crippen molar-refractivity contribution < 1.29 is 19.2 Å². The first-order valence-electron chi connectivity index (χ1n) is 10.8. The topological polar surface area (TPSA) is 90.7 Å². The molecule has 2 aromatic carbocycles. The summed E-state index contributed by atoms with van der Waals surface area (Å²) >= 11 is 6.46. The molecule has 0 aliphatic heterocycles. The number of ether oxygens (including phenoxy) is 1. The van der Waals surface area contributed by atoms with Gasteiger partial charge in [-0.25, -0.2) is 9.78 Å². The van der Waals surface area contributed by atoms with Crippen LogP contribution in [0, 0.1) is 24.7 Å². The highest BCUT2D eigenvalue weighted by Gasteiger charge is 2.24. The van der Waals surface area contributed by atoms with Gasteiger partial charge in [0, 0.05) is 5.02 Å². The quantitative estimate of drug-likeness (QED) is 0.277. The standard InChI is InChI=1S/C26H26ClN3O5/c1-6-12-29(35-24(32)18-10-8-7-9-11-18)15-19-13-20-22(14-21(19)27)28-17(2)30(23(20)31)16-34-25(33)26(3,4)5/h1,7-11,13-14H,12,15-16H2,2-5H3. The van der Waals surface area contributed by atoms with Crippen LogP contribution in [0.1, 0.15) is 42.5 Å². The fourth-order valence-corrected chi connectivity index (χ4v) is 3.39. The van der Waals surface area contributed by atoms with E-state index >= 15 is 0 Å². The molecule has 0 fully saturated rings. The van der Waals surface area contributed by atoms with Crippen molar-refractivity contribution in [3.05, 3.63) is 74.8 Å². The molecule has 0 bridgehead atoms. The lowest BCUT2D eigenvalue weighted by Crippen LogP contribution is -2.30. The number of halogens is 1. The summed E-state index contributed by atoms with van der Waals surface area (Å²) in [5.41, 5.74) is 0.171. The minimum absolute atomic E-state index is 0.00603. The first-order valence-corrected chi connectivity index (χ1v) is 11.2. The summed E-state index contributed by atoms with van der Waals surface area (Å²) in [4.78, 5) is 47.7. The summed E-state index contributed by atoms with van der Waals surface area (Å²) < 4.78 is 6.59. The monoisotopic (exact) mass is 495 g/mol. The van der Waals surface area contributed by atoms with Gasteiger partial charge in [0.05, 0.1) is 35.0 Å². The number of benzene rings is 2. The molecule has 3 aromatic rings. The number of aryl methyl sites for hydroxylation is 1. The van der Waals surface area contributed by atoms with E-state index in [1.54, 1.807) is 70.2 Å². The van der Waals surface area contributed by atoms with E-state index in [4.69, 9.17) is 27.6 Å². The number of esters is 1. The van der Waals surface area contributed by atoms with Gasteiger partial charge >= 0.3 is 11.9 Å². The van der Waals surface area contributed by atoms with Crippen molar-refractivity contribution >= 4 is 34.4 Å². The number of hydroxylamine groups is 2. The number of terminal acetylenes is 1. The van der Waals surface area contributed by atoms with Gasteiger partial charge in [-0.05, 0) is 57.5 Å². The summed E-state index contributed by atoms with van der Waals surface area (Å²) in [6, 6.07) is 11.6.